The number of nitrogens with one attached hydrogen (secondary N) is 1. The predicted molar refractivity (Wildman–Crippen MR) is 89.5 cm³/mol. The van der Waals surface area contributed by atoms with E-state index in [0.29, 0.717) is 26.2 Å². The van der Waals surface area contributed by atoms with Gasteiger partial charge in [0.2, 0.25) is 15.9 Å². The van der Waals surface area contributed by atoms with Gasteiger partial charge in [-0.25, -0.2) is 8.42 Å². The van der Waals surface area contributed by atoms with Gasteiger partial charge in [0.25, 0.3) is 0 Å². The normalized spacial score (nSPS) is 13.1. The van der Waals surface area contributed by atoms with Gasteiger partial charge in [-0.3, -0.25) is 4.79 Å². The van der Waals surface area contributed by atoms with Gasteiger partial charge in [-0.05, 0) is 31.5 Å². The Hall–Kier alpha value is -1.44. The zero-order chi connectivity index (χ0) is 17.5. The van der Waals surface area contributed by atoms with Gasteiger partial charge < -0.3 is 10.1 Å². The summed E-state index contributed by atoms with van der Waals surface area (Å²) in [6.45, 7) is 8.83. The van der Waals surface area contributed by atoms with Crippen molar-refractivity contribution >= 4 is 15.9 Å². The number of nitrogens with zero attached hydrogens (tertiary/aromatic N) is 1. The largest absolute Gasteiger partial charge is 0.369 e. The van der Waals surface area contributed by atoms with Crippen molar-refractivity contribution in [3.8, 4) is 0 Å². The first kappa shape index (κ1) is 19.6. The standard InChI is InChI=1S/C16H26N2O4S/c1-5-18(6-2)23(20,21)15-10-8-14(9-11-15)12-17-16(19)13(4)22-7-3/h8-11,13H,5-7,12H2,1-4H3,(H,17,19)/t13-/m1/s1. The van der Waals surface area contributed by atoms with Crippen LogP contribution in [0.1, 0.15) is 33.3 Å². The van der Waals surface area contributed by atoms with Gasteiger partial charge in [0.05, 0.1) is 4.90 Å². The third-order valence-electron chi connectivity index (χ3n) is 3.52. The van der Waals surface area contributed by atoms with Gasteiger partial charge in [0.15, 0.2) is 0 Å². The number of benzene rings is 1. The average molecular weight is 342 g/mol. The molecule has 0 aromatic heterocycles. The van der Waals surface area contributed by atoms with Gasteiger partial charge in [-0.2, -0.15) is 4.31 Å². The molecule has 0 radical (unpaired) electrons. The van der Waals surface area contributed by atoms with Crippen molar-refractivity contribution in [2.45, 2.75) is 45.2 Å². The monoisotopic (exact) mass is 342 g/mol. The molecule has 1 aromatic rings. The maximum Gasteiger partial charge on any atom is 0.249 e. The highest BCUT2D eigenvalue weighted by molar-refractivity contribution is 7.89. The second-order valence-corrected chi connectivity index (χ2v) is 6.99. The topological polar surface area (TPSA) is 75.7 Å². The predicted octanol–water partition coefficient (Wildman–Crippen LogP) is 1.76. The number of carbonyl (C=O) groups excluding carboxylic acids is 1. The van der Waals surface area contributed by atoms with E-state index < -0.39 is 16.1 Å². The Kier molecular flexibility index (Phi) is 7.67. The fourth-order valence-corrected chi connectivity index (χ4v) is 3.61. The molecule has 0 fully saturated rings. The molecule has 0 heterocycles. The molecule has 1 rings (SSSR count). The number of carbonyl (C=O) groups is 1. The summed E-state index contributed by atoms with van der Waals surface area (Å²) in [7, 11) is -3.44. The first-order valence-corrected chi connectivity index (χ1v) is 9.29. The minimum Gasteiger partial charge on any atom is -0.369 e. The number of rotatable bonds is 9. The summed E-state index contributed by atoms with van der Waals surface area (Å²) < 4.78 is 31.4. The van der Waals surface area contributed by atoms with E-state index in [0.717, 1.165) is 5.56 Å². The Morgan fingerprint density at radius 2 is 1.74 bits per heavy atom. The van der Waals surface area contributed by atoms with Gasteiger partial charge in [0.1, 0.15) is 6.10 Å². The van der Waals surface area contributed by atoms with Crippen molar-refractivity contribution in [2.24, 2.45) is 0 Å². The number of ether oxygens (including phenoxy) is 1. The van der Waals surface area contributed by atoms with E-state index in [2.05, 4.69) is 5.32 Å². The van der Waals surface area contributed by atoms with Crippen LogP contribution in [0.5, 0.6) is 0 Å². The lowest BCUT2D eigenvalue weighted by molar-refractivity contribution is -0.131. The van der Waals surface area contributed by atoms with Crippen LogP contribution in [0.2, 0.25) is 0 Å². The van der Waals surface area contributed by atoms with Crippen molar-refractivity contribution in [2.75, 3.05) is 19.7 Å². The molecule has 0 saturated carbocycles. The molecule has 23 heavy (non-hydrogen) atoms. The van der Waals surface area contributed by atoms with Crippen LogP contribution in [0.15, 0.2) is 29.2 Å². The van der Waals surface area contributed by atoms with Crippen LogP contribution >= 0.6 is 0 Å². The quantitative estimate of drug-likeness (QED) is 0.742. The van der Waals surface area contributed by atoms with E-state index in [-0.39, 0.29) is 10.8 Å². The summed E-state index contributed by atoms with van der Waals surface area (Å²) in [5.41, 5.74) is 0.834. The summed E-state index contributed by atoms with van der Waals surface area (Å²) in [6.07, 6.45) is -0.498. The maximum atomic E-state index is 12.4. The van der Waals surface area contributed by atoms with Crippen LogP contribution in [0.3, 0.4) is 0 Å². The Balaban J connectivity index is 2.72. The number of hydrogen-bond donors (Lipinski definition) is 1. The molecule has 6 nitrogen and oxygen atoms in total. The van der Waals surface area contributed by atoms with Crippen LogP contribution in [-0.4, -0.2) is 44.4 Å². The third kappa shape index (κ3) is 5.30. The molecule has 1 N–H and O–H groups in total. The molecular formula is C16H26N2O4S. The van der Waals surface area contributed by atoms with Crippen LogP contribution in [-0.2, 0) is 26.1 Å². The lowest BCUT2D eigenvalue weighted by Gasteiger charge is -2.18. The number of sulfonamides is 1. The molecule has 1 amide bonds. The third-order valence-corrected chi connectivity index (χ3v) is 5.58. The van der Waals surface area contributed by atoms with Gasteiger partial charge in [0, 0.05) is 26.2 Å². The van der Waals surface area contributed by atoms with E-state index in [4.69, 9.17) is 4.74 Å². The molecular weight excluding hydrogens is 316 g/mol. The zero-order valence-corrected chi connectivity index (χ0v) is 15.0. The van der Waals surface area contributed by atoms with E-state index >= 15 is 0 Å². The summed E-state index contributed by atoms with van der Waals surface area (Å²) in [5, 5.41) is 2.76. The van der Waals surface area contributed by atoms with E-state index in [1.165, 1.54) is 4.31 Å². The summed E-state index contributed by atoms with van der Waals surface area (Å²) in [4.78, 5) is 12.0. The van der Waals surface area contributed by atoms with Gasteiger partial charge >= 0.3 is 0 Å². The fraction of sp³-hybridized carbons (Fsp3) is 0.562. The molecule has 0 spiro atoms. The second kappa shape index (κ2) is 9.00. The summed E-state index contributed by atoms with van der Waals surface area (Å²) in [6, 6.07) is 6.56. The average Bonchev–Trinajstić information content (AvgIpc) is 2.54. The molecule has 0 unspecified atom stereocenters. The van der Waals surface area contributed by atoms with Crippen molar-refractivity contribution in [3.63, 3.8) is 0 Å². The Morgan fingerprint density at radius 3 is 2.22 bits per heavy atom. The van der Waals surface area contributed by atoms with E-state index in [1.807, 2.05) is 20.8 Å². The Bertz CT molecular complexity index is 595. The Labute approximate surface area is 138 Å². The van der Waals surface area contributed by atoms with Gasteiger partial charge in [-0.15, -0.1) is 0 Å². The SMILES string of the molecule is CCO[C@H](C)C(=O)NCc1ccc(S(=O)(=O)N(CC)CC)cc1. The van der Waals surface area contributed by atoms with Crippen molar-refractivity contribution < 1.29 is 17.9 Å². The number of hydrogen-bond acceptors (Lipinski definition) is 4. The van der Waals surface area contributed by atoms with E-state index in [9.17, 15) is 13.2 Å². The zero-order valence-electron chi connectivity index (χ0n) is 14.2. The smallest absolute Gasteiger partial charge is 0.249 e. The van der Waals surface area contributed by atoms with Crippen LogP contribution in [0.25, 0.3) is 0 Å². The molecule has 0 bridgehead atoms. The van der Waals surface area contributed by atoms with Crippen LogP contribution in [0.4, 0.5) is 0 Å². The fourth-order valence-electron chi connectivity index (χ4n) is 2.15. The van der Waals surface area contributed by atoms with E-state index in [1.54, 1.807) is 31.2 Å². The Morgan fingerprint density at radius 1 is 1.17 bits per heavy atom. The van der Waals surface area contributed by atoms with Crippen molar-refractivity contribution in [1.29, 1.82) is 0 Å². The first-order valence-electron chi connectivity index (χ1n) is 7.85. The minimum absolute atomic E-state index is 0.188. The molecule has 0 aliphatic carbocycles. The lowest BCUT2D eigenvalue weighted by atomic mass is 10.2. The summed E-state index contributed by atoms with van der Waals surface area (Å²) in [5.74, 6) is -0.188. The minimum atomic E-state index is -3.44. The number of amides is 1. The van der Waals surface area contributed by atoms with Crippen molar-refractivity contribution in [3.05, 3.63) is 29.8 Å². The molecule has 7 heteroatoms. The molecule has 0 aliphatic rings. The first-order chi connectivity index (χ1) is 10.9. The highest BCUT2D eigenvalue weighted by atomic mass is 32.2. The highest BCUT2D eigenvalue weighted by Gasteiger charge is 2.21. The molecule has 0 saturated heterocycles. The molecule has 1 atom stereocenters. The maximum absolute atomic E-state index is 12.4. The van der Waals surface area contributed by atoms with Crippen molar-refractivity contribution in [1.82, 2.24) is 9.62 Å². The lowest BCUT2D eigenvalue weighted by Crippen LogP contribution is -2.34. The van der Waals surface area contributed by atoms with Crippen LogP contribution < -0.4 is 5.32 Å². The highest BCUT2D eigenvalue weighted by Crippen LogP contribution is 2.16. The molecule has 1 aromatic carbocycles. The summed E-state index contributed by atoms with van der Waals surface area (Å²) >= 11 is 0. The molecule has 0 aliphatic heterocycles. The van der Waals surface area contributed by atoms with Crippen LogP contribution in [0, 0.1) is 0 Å². The van der Waals surface area contributed by atoms with Gasteiger partial charge in [-0.1, -0.05) is 26.0 Å². The molecule has 130 valence electrons. The second-order valence-electron chi connectivity index (χ2n) is 5.05.